The van der Waals surface area contributed by atoms with Crippen molar-refractivity contribution in [1.82, 2.24) is 4.90 Å². The molecule has 1 unspecified atom stereocenters. The van der Waals surface area contributed by atoms with E-state index >= 15 is 0 Å². The standard InChI is InChI=1S/C19H17Cl2NO3S3/c1-11-4-6-26-16(11)9-22(13-5-7-28(24,25)10-13)19(23)18-17(21)14-3-2-12(20)8-15(14)27-18/h2-4,6,8,13H,5,7,9-10H2,1H3. The molecule has 2 aromatic heterocycles. The number of sulfone groups is 1. The summed E-state index contributed by atoms with van der Waals surface area (Å²) in [6, 6.07) is 7.00. The molecule has 1 aliphatic heterocycles. The minimum atomic E-state index is -3.12. The lowest BCUT2D eigenvalue weighted by atomic mass is 10.1. The van der Waals surface area contributed by atoms with Gasteiger partial charge in [0.25, 0.3) is 5.91 Å². The highest BCUT2D eigenvalue weighted by Crippen LogP contribution is 2.38. The summed E-state index contributed by atoms with van der Waals surface area (Å²) >= 11 is 15.5. The summed E-state index contributed by atoms with van der Waals surface area (Å²) in [5.74, 6) is -0.116. The molecule has 0 bridgehead atoms. The molecule has 3 aromatic rings. The van der Waals surface area contributed by atoms with E-state index in [4.69, 9.17) is 23.2 Å². The van der Waals surface area contributed by atoms with E-state index in [1.165, 1.54) is 11.3 Å². The number of thiophene rings is 2. The Bertz CT molecular complexity index is 1170. The number of rotatable bonds is 4. The van der Waals surface area contributed by atoms with E-state index < -0.39 is 9.84 Å². The molecule has 0 radical (unpaired) electrons. The number of amides is 1. The van der Waals surface area contributed by atoms with Gasteiger partial charge in [-0.05, 0) is 42.5 Å². The van der Waals surface area contributed by atoms with Gasteiger partial charge in [-0.1, -0.05) is 29.3 Å². The normalized spacial score (nSPS) is 18.6. The lowest BCUT2D eigenvalue weighted by Gasteiger charge is -2.28. The van der Waals surface area contributed by atoms with Gasteiger partial charge in [0.1, 0.15) is 4.88 Å². The Morgan fingerprint density at radius 2 is 2.07 bits per heavy atom. The topological polar surface area (TPSA) is 54.5 Å². The van der Waals surface area contributed by atoms with Gasteiger partial charge in [0.2, 0.25) is 0 Å². The van der Waals surface area contributed by atoms with Crippen molar-refractivity contribution in [2.24, 2.45) is 0 Å². The highest BCUT2D eigenvalue weighted by Gasteiger charge is 2.36. The van der Waals surface area contributed by atoms with Crippen molar-refractivity contribution in [3.8, 4) is 0 Å². The molecule has 28 heavy (non-hydrogen) atoms. The van der Waals surface area contributed by atoms with Crippen LogP contribution in [0.5, 0.6) is 0 Å². The van der Waals surface area contributed by atoms with Crippen molar-refractivity contribution in [3.05, 3.63) is 55.0 Å². The van der Waals surface area contributed by atoms with Crippen LogP contribution in [-0.4, -0.2) is 36.8 Å². The fourth-order valence-electron chi connectivity index (χ4n) is 3.42. The first-order chi connectivity index (χ1) is 13.2. The molecule has 0 aliphatic carbocycles. The molecular weight excluding hydrogens is 457 g/mol. The average molecular weight is 474 g/mol. The quantitative estimate of drug-likeness (QED) is 0.508. The molecular formula is C19H17Cl2NO3S3. The number of aryl methyl sites for hydroxylation is 1. The summed E-state index contributed by atoms with van der Waals surface area (Å²) < 4.78 is 24.9. The Labute approximate surface area is 181 Å². The summed E-state index contributed by atoms with van der Waals surface area (Å²) in [6.07, 6.45) is 0.451. The lowest BCUT2D eigenvalue weighted by Crippen LogP contribution is -2.40. The maximum Gasteiger partial charge on any atom is 0.266 e. The van der Waals surface area contributed by atoms with E-state index in [0.29, 0.717) is 27.9 Å². The maximum atomic E-state index is 13.5. The molecule has 1 amide bonds. The first-order valence-electron chi connectivity index (χ1n) is 8.67. The monoisotopic (exact) mass is 473 g/mol. The molecule has 0 N–H and O–H groups in total. The second-order valence-electron chi connectivity index (χ2n) is 6.90. The number of nitrogens with zero attached hydrogens (tertiary/aromatic N) is 1. The number of benzene rings is 1. The Balaban J connectivity index is 1.74. The van der Waals surface area contributed by atoms with E-state index in [9.17, 15) is 13.2 Å². The molecule has 1 aliphatic rings. The largest absolute Gasteiger partial charge is 0.329 e. The third-order valence-corrected chi connectivity index (χ3v) is 9.62. The molecule has 0 saturated carbocycles. The third-order valence-electron chi connectivity index (χ3n) is 4.98. The van der Waals surface area contributed by atoms with Crippen LogP contribution in [0.2, 0.25) is 10.0 Å². The van der Waals surface area contributed by atoms with Crippen LogP contribution in [0.1, 0.15) is 26.5 Å². The van der Waals surface area contributed by atoms with Gasteiger partial charge >= 0.3 is 0 Å². The summed E-state index contributed by atoms with van der Waals surface area (Å²) in [6.45, 7) is 2.38. The summed E-state index contributed by atoms with van der Waals surface area (Å²) in [4.78, 5) is 16.6. The van der Waals surface area contributed by atoms with Gasteiger partial charge in [-0.25, -0.2) is 8.42 Å². The van der Waals surface area contributed by atoms with Gasteiger partial charge in [-0.3, -0.25) is 4.79 Å². The molecule has 1 fully saturated rings. The van der Waals surface area contributed by atoms with Gasteiger partial charge in [-0.2, -0.15) is 0 Å². The van der Waals surface area contributed by atoms with Gasteiger partial charge in [0.05, 0.1) is 23.1 Å². The Morgan fingerprint density at radius 1 is 1.29 bits per heavy atom. The van der Waals surface area contributed by atoms with Crippen LogP contribution in [0.25, 0.3) is 10.1 Å². The average Bonchev–Trinajstić information content (AvgIpc) is 3.30. The van der Waals surface area contributed by atoms with E-state index in [1.807, 2.05) is 18.4 Å². The second-order valence-corrected chi connectivity index (χ2v) is 12.0. The second kappa shape index (κ2) is 7.61. The molecule has 4 nitrogen and oxygen atoms in total. The van der Waals surface area contributed by atoms with Gasteiger partial charge in [-0.15, -0.1) is 22.7 Å². The highest BCUT2D eigenvalue weighted by molar-refractivity contribution is 7.91. The Hall–Kier alpha value is -1.12. The minimum Gasteiger partial charge on any atom is -0.329 e. The van der Waals surface area contributed by atoms with Crippen LogP contribution < -0.4 is 0 Å². The number of hydrogen-bond acceptors (Lipinski definition) is 5. The zero-order chi connectivity index (χ0) is 20.1. The van der Waals surface area contributed by atoms with Crippen molar-refractivity contribution >= 4 is 71.7 Å². The van der Waals surface area contributed by atoms with Crippen molar-refractivity contribution in [1.29, 1.82) is 0 Å². The molecule has 1 atom stereocenters. The number of hydrogen-bond donors (Lipinski definition) is 0. The van der Waals surface area contributed by atoms with Crippen LogP contribution in [0.4, 0.5) is 0 Å². The third kappa shape index (κ3) is 3.83. The highest BCUT2D eigenvalue weighted by atomic mass is 35.5. The van der Waals surface area contributed by atoms with Gasteiger partial charge < -0.3 is 4.90 Å². The summed E-state index contributed by atoms with van der Waals surface area (Å²) in [5, 5.41) is 3.74. The van der Waals surface area contributed by atoms with E-state index in [1.54, 1.807) is 34.4 Å². The Morgan fingerprint density at radius 3 is 2.71 bits per heavy atom. The number of fused-ring (bicyclic) bond motifs is 1. The number of carbonyl (C=O) groups excluding carboxylic acids is 1. The maximum absolute atomic E-state index is 13.5. The van der Waals surface area contributed by atoms with Crippen LogP contribution >= 0.6 is 45.9 Å². The van der Waals surface area contributed by atoms with Crippen LogP contribution in [0.15, 0.2) is 29.6 Å². The lowest BCUT2D eigenvalue weighted by molar-refractivity contribution is 0.0688. The summed E-state index contributed by atoms with van der Waals surface area (Å²) in [7, 11) is -3.12. The smallest absolute Gasteiger partial charge is 0.266 e. The molecule has 1 saturated heterocycles. The van der Waals surface area contributed by atoms with Crippen molar-refractivity contribution in [2.75, 3.05) is 11.5 Å². The molecule has 3 heterocycles. The van der Waals surface area contributed by atoms with Crippen LogP contribution in [0, 0.1) is 6.92 Å². The van der Waals surface area contributed by atoms with Gasteiger partial charge in [0.15, 0.2) is 9.84 Å². The summed E-state index contributed by atoms with van der Waals surface area (Å²) in [5.41, 5.74) is 1.10. The molecule has 4 rings (SSSR count). The fourth-order valence-corrected chi connectivity index (χ4v) is 7.79. The van der Waals surface area contributed by atoms with E-state index in [0.717, 1.165) is 20.5 Å². The molecule has 148 valence electrons. The van der Waals surface area contributed by atoms with E-state index in [2.05, 4.69) is 0 Å². The van der Waals surface area contributed by atoms with Crippen molar-refractivity contribution in [2.45, 2.75) is 25.9 Å². The van der Waals surface area contributed by atoms with Crippen molar-refractivity contribution in [3.63, 3.8) is 0 Å². The zero-order valence-corrected chi connectivity index (χ0v) is 18.9. The predicted molar refractivity (Wildman–Crippen MR) is 118 cm³/mol. The van der Waals surface area contributed by atoms with Crippen LogP contribution in [0.3, 0.4) is 0 Å². The Kier molecular flexibility index (Phi) is 5.48. The number of carbonyl (C=O) groups is 1. The molecule has 1 aromatic carbocycles. The minimum absolute atomic E-state index is 0.00248. The fraction of sp³-hybridized carbons (Fsp3) is 0.316. The first-order valence-corrected chi connectivity index (χ1v) is 12.9. The van der Waals surface area contributed by atoms with Crippen LogP contribution in [-0.2, 0) is 16.4 Å². The first kappa shape index (κ1) is 20.2. The number of halogens is 2. The molecule has 0 spiro atoms. The van der Waals surface area contributed by atoms with E-state index in [-0.39, 0.29) is 23.5 Å². The van der Waals surface area contributed by atoms with Gasteiger partial charge in [0, 0.05) is 26.0 Å². The van der Waals surface area contributed by atoms with Crippen molar-refractivity contribution < 1.29 is 13.2 Å². The zero-order valence-electron chi connectivity index (χ0n) is 14.9. The SMILES string of the molecule is Cc1ccsc1CN(C(=O)c1sc2cc(Cl)ccc2c1Cl)C1CCS(=O)(=O)C1. The molecule has 9 heteroatoms. The predicted octanol–water partition coefficient (Wildman–Crippen LogP) is 5.41.